The molecule has 3 heterocycles. The summed E-state index contributed by atoms with van der Waals surface area (Å²) in [5.41, 5.74) is -0.788. The maximum atomic E-state index is 12.4. The van der Waals surface area contributed by atoms with Gasteiger partial charge in [0.15, 0.2) is 0 Å². The Kier molecular flexibility index (Phi) is 5.47. The third-order valence-electron chi connectivity index (χ3n) is 4.17. The second kappa shape index (κ2) is 7.96. The number of hydrogen-bond acceptors (Lipinski definition) is 6. The lowest BCUT2D eigenvalue weighted by Gasteiger charge is -2.32. The molecule has 1 fully saturated rings. The van der Waals surface area contributed by atoms with Crippen LogP contribution in [0.5, 0.6) is 5.88 Å². The molecule has 0 aromatic carbocycles. The van der Waals surface area contributed by atoms with E-state index in [2.05, 4.69) is 15.3 Å². The van der Waals surface area contributed by atoms with E-state index in [0.29, 0.717) is 25.5 Å². The summed E-state index contributed by atoms with van der Waals surface area (Å²) >= 11 is 0. The number of carbonyl (C=O) groups excluding carboxylic acids is 1. The Balaban J connectivity index is 1.66. The molecule has 1 amide bonds. The molecule has 0 saturated carbocycles. The van der Waals surface area contributed by atoms with Crippen LogP contribution in [0.3, 0.4) is 0 Å². The standard InChI is InChI=1S/C17H20N4O5/c1-21-16(23)11(9-19-17(21)24)8-14(22)20-12-5-7-25-10-13(12)26-15-4-2-3-6-18-15/h2-4,6,9,12-13H,5,7-8,10H2,1H3,(H,19,24)(H,20,22)/t12-,13-/m1/s1. The number of ether oxygens (including phenoxy) is 2. The minimum Gasteiger partial charge on any atom is -0.470 e. The third-order valence-corrected chi connectivity index (χ3v) is 4.17. The molecule has 0 bridgehead atoms. The molecular formula is C17H20N4O5. The number of amides is 1. The Hall–Kier alpha value is -2.94. The van der Waals surface area contributed by atoms with E-state index >= 15 is 0 Å². The quantitative estimate of drug-likeness (QED) is 0.733. The van der Waals surface area contributed by atoms with Gasteiger partial charge in [-0.3, -0.25) is 14.2 Å². The molecule has 1 aliphatic heterocycles. The summed E-state index contributed by atoms with van der Waals surface area (Å²) in [6, 6.07) is 5.07. The van der Waals surface area contributed by atoms with Crippen LogP contribution >= 0.6 is 0 Å². The first-order valence-electron chi connectivity index (χ1n) is 8.27. The SMILES string of the molecule is Cn1c(=O)[nH]cc(CC(=O)N[C@@H]2CCOC[C@H]2Oc2ccccn2)c1=O. The Morgan fingerprint density at radius 1 is 1.46 bits per heavy atom. The van der Waals surface area contributed by atoms with Crippen molar-refractivity contribution >= 4 is 5.91 Å². The smallest absolute Gasteiger partial charge is 0.328 e. The minimum atomic E-state index is -0.521. The fraction of sp³-hybridized carbons (Fsp3) is 0.412. The molecule has 0 radical (unpaired) electrons. The molecule has 138 valence electrons. The maximum absolute atomic E-state index is 12.4. The van der Waals surface area contributed by atoms with E-state index in [-0.39, 0.29) is 30.0 Å². The first-order valence-corrected chi connectivity index (χ1v) is 8.27. The van der Waals surface area contributed by atoms with Crippen LogP contribution in [-0.4, -0.2) is 45.8 Å². The fourth-order valence-corrected chi connectivity index (χ4v) is 2.74. The molecule has 1 saturated heterocycles. The van der Waals surface area contributed by atoms with Crippen LogP contribution in [-0.2, 0) is 23.0 Å². The van der Waals surface area contributed by atoms with Gasteiger partial charge in [0, 0.05) is 37.7 Å². The molecule has 9 nitrogen and oxygen atoms in total. The van der Waals surface area contributed by atoms with Gasteiger partial charge < -0.3 is 19.8 Å². The van der Waals surface area contributed by atoms with Crippen molar-refractivity contribution in [2.45, 2.75) is 25.0 Å². The van der Waals surface area contributed by atoms with Crippen molar-refractivity contribution in [3.8, 4) is 5.88 Å². The number of H-pyrrole nitrogens is 1. The van der Waals surface area contributed by atoms with Gasteiger partial charge in [0.25, 0.3) is 5.56 Å². The third kappa shape index (κ3) is 4.17. The number of nitrogens with zero attached hydrogens (tertiary/aromatic N) is 2. The highest BCUT2D eigenvalue weighted by atomic mass is 16.5. The van der Waals surface area contributed by atoms with Gasteiger partial charge in [0.2, 0.25) is 11.8 Å². The molecule has 0 spiro atoms. The van der Waals surface area contributed by atoms with Crippen molar-refractivity contribution in [2.75, 3.05) is 13.2 Å². The van der Waals surface area contributed by atoms with E-state index in [1.165, 1.54) is 13.2 Å². The summed E-state index contributed by atoms with van der Waals surface area (Å²) in [6.07, 6.45) is 2.99. The molecule has 3 rings (SSSR count). The van der Waals surface area contributed by atoms with Crippen LogP contribution in [0.15, 0.2) is 40.2 Å². The second-order valence-electron chi connectivity index (χ2n) is 6.02. The summed E-state index contributed by atoms with van der Waals surface area (Å²) < 4.78 is 12.2. The van der Waals surface area contributed by atoms with Gasteiger partial charge in [0.05, 0.1) is 19.1 Å². The number of rotatable bonds is 5. The average molecular weight is 360 g/mol. The van der Waals surface area contributed by atoms with E-state index in [0.717, 1.165) is 4.57 Å². The van der Waals surface area contributed by atoms with Crippen molar-refractivity contribution in [1.29, 1.82) is 0 Å². The predicted octanol–water partition coefficient (Wildman–Crippen LogP) is -0.636. The molecule has 2 N–H and O–H groups in total. The van der Waals surface area contributed by atoms with Gasteiger partial charge in [-0.2, -0.15) is 0 Å². The van der Waals surface area contributed by atoms with Gasteiger partial charge >= 0.3 is 5.69 Å². The van der Waals surface area contributed by atoms with Crippen molar-refractivity contribution in [2.24, 2.45) is 7.05 Å². The van der Waals surface area contributed by atoms with E-state index in [9.17, 15) is 14.4 Å². The maximum Gasteiger partial charge on any atom is 0.328 e. The number of aromatic amines is 1. The van der Waals surface area contributed by atoms with Crippen LogP contribution in [0.4, 0.5) is 0 Å². The normalized spacial score (nSPS) is 19.7. The average Bonchev–Trinajstić information content (AvgIpc) is 2.65. The zero-order valence-electron chi connectivity index (χ0n) is 14.3. The molecule has 1 aliphatic rings. The lowest BCUT2D eigenvalue weighted by Crippen LogP contribution is -2.52. The lowest BCUT2D eigenvalue weighted by atomic mass is 10.1. The van der Waals surface area contributed by atoms with Crippen molar-refractivity contribution in [3.05, 3.63) is 57.0 Å². The first-order chi connectivity index (χ1) is 12.5. The summed E-state index contributed by atoms with van der Waals surface area (Å²) in [5.74, 6) is 0.132. The molecule has 0 unspecified atom stereocenters. The Morgan fingerprint density at radius 3 is 3.08 bits per heavy atom. The van der Waals surface area contributed by atoms with E-state index < -0.39 is 11.2 Å². The first kappa shape index (κ1) is 17.9. The minimum absolute atomic E-state index is 0.128. The van der Waals surface area contributed by atoms with Gasteiger partial charge in [-0.15, -0.1) is 0 Å². The van der Waals surface area contributed by atoms with Crippen LogP contribution < -0.4 is 21.3 Å². The molecule has 0 aliphatic carbocycles. The predicted molar refractivity (Wildman–Crippen MR) is 92.0 cm³/mol. The Bertz CT molecular complexity index is 877. The highest BCUT2D eigenvalue weighted by Crippen LogP contribution is 2.15. The Morgan fingerprint density at radius 2 is 2.31 bits per heavy atom. The van der Waals surface area contributed by atoms with Gasteiger partial charge in [-0.1, -0.05) is 6.07 Å². The monoisotopic (exact) mass is 360 g/mol. The zero-order valence-corrected chi connectivity index (χ0v) is 14.3. The zero-order chi connectivity index (χ0) is 18.5. The fourth-order valence-electron chi connectivity index (χ4n) is 2.74. The van der Waals surface area contributed by atoms with Crippen molar-refractivity contribution < 1.29 is 14.3 Å². The number of pyridine rings is 1. The molecule has 2 aromatic heterocycles. The summed E-state index contributed by atoms with van der Waals surface area (Å²) in [7, 11) is 1.36. The van der Waals surface area contributed by atoms with Crippen LogP contribution in [0, 0.1) is 0 Å². The number of carbonyl (C=O) groups is 1. The van der Waals surface area contributed by atoms with Crippen molar-refractivity contribution in [1.82, 2.24) is 19.9 Å². The van der Waals surface area contributed by atoms with Crippen LogP contribution in [0.1, 0.15) is 12.0 Å². The van der Waals surface area contributed by atoms with E-state index in [4.69, 9.17) is 9.47 Å². The molecule has 2 atom stereocenters. The van der Waals surface area contributed by atoms with Gasteiger partial charge in [0.1, 0.15) is 6.10 Å². The summed E-state index contributed by atoms with van der Waals surface area (Å²) in [4.78, 5) is 42.3. The molecule has 9 heteroatoms. The van der Waals surface area contributed by atoms with Gasteiger partial charge in [-0.05, 0) is 12.5 Å². The number of aromatic nitrogens is 3. The number of hydrogen-bond donors (Lipinski definition) is 2. The van der Waals surface area contributed by atoms with Gasteiger partial charge in [-0.25, -0.2) is 9.78 Å². The highest BCUT2D eigenvalue weighted by Gasteiger charge is 2.29. The summed E-state index contributed by atoms with van der Waals surface area (Å²) in [6.45, 7) is 0.843. The molecular weight excluding hydrogens is 340 g/mol. The van der Waals surface area contributed by atoms with E-state index in [1.54, 1.807) is 18.3 Å². The lowest BCUT2D eigenvalue weighted by molar-refractivity contribution is -0.123. The Labute approximate surface area is 149 Å². The summed E-state index contributed by atoms with van der Waals surface area (Å²) in [5, 5.41) is 2.89. The second-order valence-corrected chi connectivity index (χ2v) is 6.02. The molecule has 26 heavy (non-hydrogen) atoms. The van der Waals surface area contributed by atoms with E-state index in [1.807, 2.05) is 6.07 Å². The topological polar surface area (TPSA) is 115 Å². The molecule has 2 aromatic rings. The van der Waals surface area contributed by atoms with Crippen molar-refractivity contribution in [3.63, 3.8) is 0 Å². The highest BCUT2D eigenvalue weighted by molar-refractivity contribution is 5.78. The number of nitrogens with one attached hydrogen (secondary N) is 2. The van der Waals surface area contributed by atoms with Crippen LogP contribution in [0.2, 0.25) is 0 Å². The van der Waals surface area contributed by atoms with Crippen LogP contribution in [0.25, 0.3) is 0 Å². The largest absolute Gasteiger partial charge is 0.470 e.